The molecule has 0 unspecified atom stereocenters. The SMILES string of the molecule is CCOCCCCNCCOc1c(Cl)cccc1Cl. The lowest BCUT2D eigenvalue weighted by atomic mass is 10.3. The second-order valence-electron chi connectivity index (χ2n) is 4.05. The van der Waals surface area contributed by atoms with Gasteiger partial charge in [0.25, 0.3) is 0 Å². The Morgan fingerprint density at radius 2 is 1.79 bits per heavy atom. The molecule has 1 rings (SSSR count). The number of benzene rings is 1. The Kier molecular flexibility index (Phi) is 9.01. The topological polar surface area (TPSA) is 30.5 Å². The lowest BCUT2D eigenvalue weighted by molar-refractivity contribution is 0.143. The minimum Gasteiger partial charge on any atom is -0.489 e. The van der Waals surface area contributed by atoms with Crippen molar-refractivity contribution >= 4 is 23.2 Å². The summed E-state index contributed by atoms with van der Waals surface area (Å²) >= 11 is 12.0. The van der Waals surface area contributed by atoms with Gasteiger partial charge < -0.3 is 14.8 Å². The molecule has 0 spiro atoms. The molecule has 0 heterocycles. The Bertz CT molecular complexity index is 341. The van der Waals surface area contributed by atoms with Crippen molar-refractivity contribution in [3.05, 3.63) is 28.2 Å². The summed E-state index contributed by atoms with van der Waals surface area (Å²) in [5.74, 6) is 0.559. The van der Waals surface area contributed by atoms with Crippen LogP contribution in [-0.4, -0.2) is 32.9 Å². The molecular weight excluding hydrogens is 285 g/mol. The molecule has 0 amide bonds. The van der Waals surface area contributed by atoms with Gasteiger partial charge >= 0.3 is 0 Å². The highest BCUT2D eigenvalue weighted by Gasteiger charge is 2.05. The van der Waals surface area contributed by atoms with Crippen LogP contribution in [0.2, 0.25) is 10.0 Å². The van der Waals surface area contributed by atoms with Crippen LogP contribution in [-0.2, 0) is 4.74 Å². The van der Waals surface area contributed by atoms with E-state index in [0.29, 0.717) is 22.4 Å². The zero-order valence-corrected chi connectivity index (χ0v) is 12.8. The van der Waals surface area contributed by atoms with E-state index in [-0.39, 0.29) is 0 Å². The van der Waals surface area contributed by atoms with E-state index in [1.807, 2.05) is 6.92 Å². The molecule has 1 aromatic carbocycles. The Hall–Kier alpha value is -0.480. The molecule has 1 aromatic rings. The van der Waals surface area contributed by atoms with E-state index in [9.17, 15) is 0 Å². The van der Waals surface area contributed by atoms with E-state index in [1.54, 1.807) is 18.2 Å². The quantitative estimate of drug-likeness (QED) is 0.667. The van der Waals surface area contributed by atoms with E-state index in [0.717, 1.165) is 39.1 Å². The number of halogens is 2. The fourth-order valence-electron chi connectivity index (χ4n) is 1.57. The summed E-state index contributed by atoms with van der Waals surface area (Å²) in [6.45, 7) is 5.93. The van der Waals surface area contributed by atoms with Gasteiger partial charge in [0.1, 0.15) is 6.61 Å². The zero-order chi connectivity index (χ0) is 13.9. The second kappa shape index (κ2) is 10.3. The van der Waals surface area contributed by atoms with Crippen molar-refractivity contribution in [2.75, 3.05) is 32.9 Å². The minimum absolute atomic E-state index is 0.546. The molecule has 19 heavy (non-hydrogen) atoms. The molecule has 0 aliphatic heterocycles. The maximum Gasteiger partial charge on any atom is 0.156 e. The normalized spacial score (nSPS) is 10.7. The first-order valence-electron chi connectivity index (χ1n) is 6.61. The van der Waals surface area contributed by atoms with Crippen molar-refractivity contribution in [1.82, 2.24) is 5.32 Å². The van der Waals surface area contributed by atoms with Crippen LogP contribution in [0.4, 0.5) is 0 Å². The summed E-state index contributed by atoms with van der Waals surface area (Å²) in [6, 6.07) is 5.34. The van der Waals surface area contributed by atoms with Crippen LogP contribution in [0.25, 0.3) is 0 Å². The van der Waals surface area contributed by atoms with Crippen LogP contribution in [0.5, 0.6) is 5.75 Å². The predicted molar refractivity (Wildman–Crippen MR) is 80.6 cm³/mol. The van der Waals surface area contributed by atoms with Gasteiger partial charge in [0.2, 0.25) is 0 Å². The molecule has 108 valence electrons. The van der Waals surface area contributed by atoms with Gasteiger partial charge in [-0.2, -0.15) is 0 Å². The van der Waals surface area contributed by atoms with Crippen LogP contribution in [0.3, 0.4) is 0 Å². The zero-order valence-electron chi connectivity index (χ0n) is 11.3. The Morgan fingerprint density at radius 3 is 2.47 bits per heavy atom. The summed E-state index contributed by atoms with van der Waals surface area (Å²) in [7, 11) is 0. The number of unbranched alkanes of at least 4 members (excludes halogenated alkanes) is 1. The fourth-order valence-corrected chi connectivity index (χ4v) is 2.08. The van der Waals surface area contributed by atoms with Crippen molar-refractivity contribution in [2.45, 2.75) is 19.8 Å². The first kappa shape index (κ1) is 16.6. The molecule has 0 aliphatic carbocycles. The molecule has 0 radical (unpaired) electrons. The second-order valence-corrected chi connectivity index (χ2v) is 4.87. The van der Waals surface area contributed by atoms with E-state index < -0.39 is 0 Å². The number of ether oxygens (including phenoxy) is 2. The average Bonchev–Trinajstić information content (AvgIpc) is 2.40. The molecule has 3 nitrogen and oxygen atoms in total. The van der Waals surface area contributed by atoms with E-state index in [4.69, 9.17) is 32.7 Å². The molecule has 0 aromatic heterocycles. The maximum absolute atomic E-state index is 6.00. The summed E-state index contributed by atoms with van der Waals surface area (Å²) in [5, 5.41) is 4.40. The average molecular weight is 306 g/mol. The fraction of sp³-hybridized carbons (Fsp3) is 0.571. The van der Waals surface area contributed by atoms with Gasteiger partial charge in [-0.25, -0.2) is 0 Å². The number of hydrogen-bond acceptors (Lipinski definition) is 3. The Balaban J connectivity index is 2.05. The van der Waals surface area contributed by atoms with Gasteiger partial charge in [0.15, 0.2) is 5.75 Å². The summed E-state index contributed by atoms with van der Waals surface area (Å²) in [4.78, 5) is 0. The first-order chi connectivity index (χ1) is 9.25. The highest BCUT2D eigenvalue weighted by Crippen LogP contribution is 2.32. The lowest BCUT2D eigenvalue weighted by Crippen LogP contribution is -2.22. The molecule has 1 N–H and O–H groups in total. The maximum atomic E-state index is 6.00. The Morgan fingerprint density at radius 1 is 1.05 bits per heavy atom. The highest BCUT2D eigenvalue weighted by atomic mass is 35.5. The Labute approximate surface area is 125 Å². The van der Waals surface area contributed by atoms with Gasteiger partial charge in [-0.3, -0.25) is 0 Å². The van der Waals surface area contributed by atoms with E-state index in [2.05, 4.69) is 5.32 Å². The van der Waals surface area contributed by atoms with Crippen molar-refractivity contribution in [3.8, 4) is 5.75 Å². The van der Waals surface area contributed by atoms with Crippen LogP contribution >= 0.6 is 23.2 Å². The minimum atomic E-state index is 0.546. The van der Waals surface area contributed by atoms with Crippen LogP contribution < -0.4 is 10.1 Å². The summed E-state index contributed by atoms with van der Waals surface area (Å²) in [5.41, 5.74) is 0. The third kappa shape index (κ3) is 7.02. The first-order valence-corrected chi connectivity index (χ1v) is 7.36. The third-order valence-corrected chi connectivity index (χ3v) is 3.14. The van der Waals surface area contributed by atoms with Crippen molar-refractivity contribution < 1.29 is 9.47 Å². The predicted octanol–water partition coefficient (Wildman–Crippen LogP) is 3.78. The van der Waals surface area contributed by atoms with Crippen molar-refractivity contribution in [3.63, 3.8) is 0 Å². The monoisotopic (exact) mass is 305 g/mol. The summed E-state index contributed by atoms with van der Waals surface area (Å²) in [6.07, 6.45) is 2.19. The smallest absolute Gasteiger partial charge is 0.156 e. The van der Waals surface area contributed by atoms with Gasteiger partial charge in [-0.1, -0.05) is 29.3 Å². The van der Waals surface area contributed by atoms with Crippen molar-refractivity contribution in [2.24, 2.45) is 0 Å². The number of para-hydroxylation sites is 1. The van der Waals surface area contributed by atoms with Gasteiger partial charge in [0, 0.05) is 19.8 Å². The van der Waals surface area contributed by atoms with E-state index >= 15 is 0 Å². The molecule has 0 atom stereocenters. The molecule has 0 bridgehead atoms. The highest BCUT2D eigenvalue weighted by molar-refractivity contribution is 6.37. The lowest BCUT2D eigenvalue weighted by Gasteiger charge is -2.10. The van der Waals surface area contributed by atoms with Crippen LogP contribution in [0.15, 0.2) is 18.2 Å². The molecule has 0 saturated carbocycles. The van der Waals surface area contributed by atoms with Crippen molar-refractivity contribution in [1.29, 1.82) is 0 Å². The van der Waals surface area contributed by atoms with Gasteiger partial charge in [-0.15, -0.1) is 0 Å². The largest absolute Gasteiger partial charge is 0.489 e. The third-order valence-electron chi connectivity index (χ3n) is 2.54. The summed E-state index contributed by atoms with van der Waals surface area (Å²) < 4.78 is 10.8. The van der Waals surface area contributed by atoms with Gasteiger partial charge in [0.05, 0.1) is 10.0 Å². The van der Waals surface area contributed by atoms with E-state index in [1.165, 1.54) is 0 Å². The molecular formula is C14H21Cl2NO2. The molecule has 0 fully saturated rings. The molecule has 0 aliphatic rings. The van der Waals surface area contributed by atoms with Crippen LogP contribution in [0, 0.1) is 0 Å². The molecule has 0 saturated heterocycles. The van der Waals surface area contributed by atoms with Gasteiger partial charge in [-0.05, 0) is 38.4 Å². The molecule has 5 heteroatoms. The van der Waals surface area contributed by atoms with Crippen LogP contribution in [0.1, 0.15) is 19.8 Å². The number of nitrogens with one attached hydrogen (secondary N) is 1. The number of hydrogen-bond donors (Lipinski definition) is 1. The standard InChI is InChI=1S/C14H21Cl2NO2/c1-2-18-10-4-3-8-17-9-11-19-14-12(15)6-5-7-13(14)16/h5-7,17H,2-4,8-11H2,1H3. The number of rotatable bonds is 10.